The van der Waals surface area contributed by atoms with Gasteiger partial charge in [-0.05, 0) is 46.7 Å². The van der Waals surface area contributed by atoms with E-state index in [4.69, 9.17) is 4.74 Å². The summed E-state index contributed by atoms with van der Waals surface area (Å²) in [6, 6.07) is 6.02. The Kier molecular flexibility index (Phi) is 6.83. The first kappa shape index (κ1) is 20.0. The number of nitrogens with zero attached hydrogens (tertiary/aromatic N) is 1. The highest BCUT2D eigenvalue weighted by Gasteiger charge is 2.17. The van der Waals surface area contributed by atoms with Gasteiger partial charge in [-0.3, -0.25) is 9.59 Å². The number of carbonyl (C=O) groups is 2. The molecule has 2 rings (SSSR count). The van der Waals surface area contributed by atoms with E-state index in [1.807, 2.05) is 21.5 Å². The van der Waals surface area contributed by atoms with Crippen LogP contribution < -0.4 is 4.72 Å². The number of thiophene rings is 1. The van der Waals surface area contributed by atoms with Gasteiger partial charge < -0.3 is 9.64 Å². The van der Waals surface area contributed by atoms with Crippen LogP contribution in [0.1, 0.15) is 5.56 Å². The number of hydrogen-bond acceptors (Lipinski definition) is 6. The predicted molar refractivity (Wildman–Crippen MR) is 93.3 cm³/mol. The molecule has 0 saturated carbocycles. The quantitative estimate of drug-likeness (QED) is 0.676. The first-order valence-corrected chi connectivity index (χ1v) is 9.86. The van der Waals surface area contributed by atoms with E-state index < -0.39 is 40.9 Å². The summed E-state index contributed by atoms with van der Waals surface area (Å²) in [6.07, 6.45) is 0. The number of esters is 1. The minimum atomic E-state index is -3.97. The van der Waals surface area contributed by atoms with Gasteiger partial charge in [-0.1, -0.05) is 0 Å². The summed E-state index contributed by atoms with van der Waals surface area (Å²) in [5, 5.41) is 3.79. The van der Waals surface area contributed by atoms with E-state index in [2.05, 4.69) is 0 Å². The Morgan fingerprint density at radius 1 is 1.23 bits per heavy atom. The first-order valence-electron chi connectivity index (χ1n) is 7.44. The molecule has 140 valence electrons. The highest BCUT2D eigenvalue weighted by atomic mass is 32.2. The van der Waals surface area contributed by atoms with Crippen molar-refractivity contribution in [3.8, 4) is 0 Å². The van der Waals surface area contributed by atoms with Crippen molar-refractivity contribution in [2.75, 3.05) is 20.2 Å². The largest absolute Gasteiger partial charge is 0.455 e. The molecule has 0 atom stereocenters. The molecule has 2 aromatic rings. The molecule has 10 heteroatoms. The van der Waals surface area contributed by atoms with E-state index in [-0.39, 0.29) is 4.90 Å². The van der Waals surface area contributed by atoms with E-state index in [0.717, 1.165) is 29.8 Å². The lowest BCUT2D eigenvalue weighted by Gasteiger charge is -2.16. The molecule has 1 N–H and O–H groups in total. The average Bonchev–Trinajstić information content (AvgIpc) is 3.11. The van der Waals surface area contributed by atoms with Gasteiger partial charge in [0.2, 0.25) is 10.0 Å². The third kappa shape index (κ3) is 5.90. The molecule has 0 aliphatic carbocycles. The van der Waals surface area contributed by atoms with Gasteiger partial charge in [0.25, 0.3) is 5.91 Å². The monoisotopic (exact) mass is 400 g/mol. The number of amides is 1. The predicted octanol–water partition coefficient (Wildman–Crippen LogP) is 1.37. The number of nitrogens with one attached hydrogen (secondary N) is 1. The number of hydrogen-bond donors (Lipinski definition) is 1. The average molecular weight is 400 g/mol. The first-order chi connectivity index (χ1) is 12.3. The molecule has 0 saturated heterocycles. The Labute approximate surface area is 154 Å². The Hall–Kier alpha value is -2.30. The Bertz CT molecular complexity index is 851. The fraction of sp³-hybridized carbons (Fsp3) is 0.250. The van der Waals surface area contributed by atoms with Gasteiger partial charge in [-0.2, -0.15) is 16.1 Å². The SMILES string of the molecule is CN(Cc1ccsc1)C(=O)COC(=O)CNS(=O)(=O)c1ccc(F)cc1. The van der Waals surface area contributed by atoms with Crippen molar-refractivity contribution in [3.05, 3.63) is 52.5 Å². The normalized spacial score (nSPS) is 11.2. The van der Waals surface area contributed by atoms with Crippen LogP contribution in [0.2, 0.25) is 0 Å². The summed E-state index contributed by atoms with van der Waals surface area (Å²) < 4.78 is 43.6. The molecular weight excluding hydrogens is 383 g/mol. The number of rotatable bonds is 8. The molecule has 1 aromatic carbocycles. The molecule has 0 fully saturated rings. The summed E-state index contributed by atoms with van der Waals surface area (Å²) in [5.74, 6) is -1.88. The van der Waals surface area contributed by atoms with Gasteiger partial charge in [0, 0.05) is 13.6 Å². The Balaban J connectivity index is 1.77. The number of sulfonamides is 1. The lowest BCUT2D eigenvalue weighted by molar-refractivity contribution is -0.150. The van der Waals surface area contributed by atoms with Crippen molar-refractivity contribution in [1.29, 1.82) is 0 Å². The van der Waals surface area contributed by atoms with Crippen LogP contribution in [-0.2, 0) is 30.9 Å². The smallest absolute Gasteiger partial charge is 0.321 e. The van der Waals surface area contributed by atoms with E-state index in [0.29, 0.717) is 6.54 Å². The van der Waals surface area contributed by atoms with Crippen molar-refractivity contribution in [2.45, 2.75) is 11.4 Å². The van der Waals surface area contributed by atoms with E-state index in [9.17, 15) is 22.4 Å². The molecule has 0 unspecified atom stereocenters. The zero-order valence-electron chi connectivity index (χ0n) is 13.8. The highest BCUT2D eigenvalue weighted by Crippen LogP contribution is 2.10. The minimum Gasteiger partial charge on any atom is -0.455 e. The lowest BCUT2D eigenvalue weighted by Crippen LogP contribution is -2.34. The fourth-order valence-corrected chi connectivity index (χ4v) is 3.53. The number of benzene rings is 1. The van der Waals surface area contributed by atoms with Gasteiger partial charge in [0.15, 0.2) is 6.61 Å². The highest BCUT2D eigenvalue weighted by molar-refractivity contribution is 7.89. The van der Waals surface area contributed by atoms with Crippen LogP contribution in [0.15, 0.2) is 46.0 Å². The van der Waals surface area contributed by atoms with Crippen molar-refractivity contribution in [1.82, 2.24) is 9.62 Å². The molecule has 0 radical (unpaired) electrons. The molecule has 0 bridgehead atoms. The maximum Gasteiger partial charge on any atom is 0.321 e. The van der Waals surface area contributed by atoms with Crippen molar-refractivity contribution < 1.29 is 27.1 Å². The standard InChI is InChI=1S/C16H17FN2O5S2/c1-19(9-12-6-7-25-11-12)15(20)10-24-16(21)8-18-26(22,23)14-4-2-13(17)3-5-14/h2-7,11,18H,8-10H2,1H3. The zero-order chi connectivity index (χ0) is 19.2. The molecular formula is C16H17FN2O5S2. The topological polar surface area (TPSA) is 92.8 Å². The summed E-state index contributed by atoms with van der Waals surface area (Å²) in [7, 11) is -2.40. The molecule has 1 aromatic heterocycles. The second-order valence-corrected chi connectivity index (χ2v) is 7.87. The summed E-state index contributed by atoms with van der Waals surface area (Å²) in [6.45, 7) is -0.740. The van der Waals surface area contributed by atoms with Crippen molar-refractivity contribution >= 4 is 33.2 Å². The number of ether oxygens (including phenoxy) is 1. The molecule has 0 aliphatic rings. The molecule has 26 heavy (non-hydrogen) atoms. The second-order valence-electron chi connectivity index (χ2n) is 5.32. The van der Waals surface area contributed by atoms with Crippen LogP contribution in [0.4, 0.5) is 4.39 Å². The van der Waals surface area contributed by atoms with Crippen LogP contribution >= 0.6 is 11.3 Å². The van der Waals surface area contributed by atoms with Gasteiger partial charge in [-0.15, -0.1) is 0 Å². The Morgan fingerprint density at radius 3 is 2.54 bits per heavy atom. The maximum atomic E-state index is 12.8. The van der Waals surface area contributed by atoms with Crippen LogP contribution in [0, 0.1) is 5.82 Å². The summed E-state index contributed by atoms with van der Waals surface area (Å²) in [4.78, 5) is 24.8. The van der Waals surface area contributed by atoms with Crippen LogP contribution in [0.25, 0.3) is 0 Å². The van der Waals surface area contributed by atoms with Crippen molar-refractivity contribution in [3.63, 3.8) is 0 Å². The van der Waals surface area contributed by atoms with Gasteiger partial charge >= 0.3 is 5.97 Å². The molecule has 1 amide bonds. The zero-order valence-corrected chi connectivity index (χ0v) is 15.5. The van der Waals surface area contributed by atoms with E-state index in [1.54, 1.807) is 7.05 Å². The van der Waals surface area contributed by atoms with Crippen LogP contribution in [0.3, 0.4) is 0 Å². The van der Waals surface area contributed by atoms with Crippen molar-refractivity contribution in [2.24, 2.45) is 0 Å². The maximum absolute atomic E-state index is 12.8. The number of likely N-dealkylation sites (N-methyl/N-ethyl adjacent to an activating group) is 1. The molecule has 7 nitrogen and oxygen atoms in total. The molecule has 1 heterocycles. The second kappa shape index (κ2) is 8.88. The molecule has 0 aliphatic heterocycles. The fourth-order valence-electron chi connectivity index (χ4n) is 1.90. The third-order valence-electron chi connectivity index (χ3n) is 3.31. The third-order valence-corrected chi connectivity index (χ3v) is 5.46. The Morgan fingerprint density at radius 2 is 1.92 bits per heavy atom. The van der Waals surface area contributed by atoms with Crippen LogP contribution in [0.5, 0.6) is 0 Å². The van der Waals surface area contributed by atoms with Gasteiger partial charge in [0.1, 0.15) is 12.4 Å². The van der Waals surface area contributed by atoms with E-state index >= 15 is 0 Å². The van der Waals surface area contributed by atoms with Crippen LogP contribution in [-0.4, -0.2) is 45.4 Å². The van der Waals surface area contributed by atoms with Gasteiger partial charge in [-0.25, -0.2) is 12.8 Å². The lowest BCUT2D eigenvalue weighted by atomic mass is 10.3. The number of halogens is 1. The summed E-state index contributed by atoms with van der Waals surface area (Å²) in [5.41, 5.74) is 0.962. The summed E-state index contributed by atoms with van der Waals surface area (Å²) >= 11 is 1.51. The number of carbonyl (C=O) groups excluding carboxylic acids is 2. The molecule has 0 spiro atoms. The van der Waals surface area contributed by atoms with E-state index in [1.165, 1.54) is 16.2 Å². The minimum absolute atomic E-state index is 0.182. The van der Waals surface area contributed by atoms with Gasteiger partial charge in [0.05, 0.1) is 4.90 Å².